The van der Waals surface area contributed by atoms with E-state index in [1.807, 2.05) is 30.6 Å². The highest BCUT2D eigenvalue weighted by molar-refractivity contribution is 7.16. The second kappa shape index (κ2) is 4.10. The summed E-state index contributed by atoms with van der Waals surface area (Å²) >= 11 is 1.62. The van der Waals surface area contributed by atoms with Crippen LogP contribution in [-0.4, -0.2) is 22.0 Å². The first-order chi connectivity index (χ1) is 8.38. The van der Waals surface area contributed by atoms with Crippen LogP contribution in [-0.2, 0) is 0 Å². The summed E-state index contributed by atoms with van der Waals surface area (Å²) in [6, 6.07) is 5.85. The van der Waals surface area contributed by atoms with Crippen molar-refractivity contribution in [3.05, 3.63) is 36.0 Å². The second-order valence-electron chi connectivity index (χ2n) is 3.52. The minimum Gasteiger partial charge on any atom is -0.372 e. The number of nitrogens with one attached hydrogen (secondary N) is 1. The molecule has 0 unspecified atom stereocenters. The van der Waals surface area contributed by atoms with Crippen molar-refractivity contribution >= 4 is 27.4 Å². The van der Waals surface area contributed by atoms with Crippen LogP contribution in [0.5, 0.6) is 0 Å². The summed E-state index contributed by atoms with van der Waals surface area (Å²) < 4.78 is 0. The molecule has 3 aromatic heterocycles. The molecule has 3 aromatic rings. The number of nitrogens with zero attached hydrogens (tertiary/aromatic N) is 3. The summed E-state index contributed by atoms with van der Waals surface area (Å²) in [5.41, 5.74) is 0.979. The molecule has 17 heavy (non-hydrogen) atoms. The molecule has 3 rings (SSSR count). The predicted molar refractivity (Wildman–Crippen MR) is 70.2 cm³/mol. The monoisotopic (exact) mass is 242 g/mol. The van der Waals surface area contributed by atoms with Crippen molar-refractivity contribution in [2.75, 3.05) is 12.4 Å². The van der Waals surface area contributed by atoms with Crippen molar-refractivity contribution in [1.29, 1.82) is 0 Å². The number of thiophene rings is 1. The Labute approximate surface area is 102 Å². The van der Waals surface area contributed by atoms with E-state index in [9.17, 15) is 0 Å². The molecule has 0 aliphatic rings. The Bertz CT molecular complexity index is 648. The van der Waals surface area contributed by atoms with Crippen molar-refractivity contribution in [3.63, 3.8) is 0 Å². The zero-order chi connectivity index (χ0) is 11.7. The van der Waals surface area contributed by atoms with Gasteiger partial charge in [-0.1, -0.05) is 0 Å². The number of hydrogen-bond acceptors (Lipinski definition) is 5. The van der Waals surface area contributed by atoms with Crippen LogP contribution in [0.25, 0.3) is 21.6 Å². The molecule has 0 radical (unpaired) electrons. The number of rotatable bonds is 2. The lowest BCUT2D eigenvalue weighted by molar-refractivity contribution is 1.21. The fraction of sp³-hybridized carbons (Fsp3) is 0.0833. The Balaban J connectivity index is 2.24. The molecule has 5 heteroatoms. The molecule has 0 fully saturated rings. The molecule has 3 heterocycles. The van der Waals surface area contributed by atoms with Crippen molar-refractivity contribution in [2.45, 2.75) is 0 Å². The SMILES string of the molecule is CNc1nc(-c2ccncc2)nc2sccc12. The standard InChI is InChI=1S/C12H10N4S/c1-13-11-9-4-7-17-12(9)16-10(15-11)8-2-5-14-6-3-8/h2-7H,1H3,(H,13,15,16). The highest BCUT2D eigenvalue weighted by Crippen LogP contribution is 2.27. The highest BCUT2D eigenvalue weighted by Gasteiger charge is 2.08. The molecule has 0 spiro atoms. The molecule has 0 saturated heterocycles. The molecule has 84 valence electrons. The normalized spacial score (nSPS) is 10.6. The van der Waals surface area contributed by atoms with Crippen LogP contribution in [0.3, 0.4) is 0 Å². The Morgan fingerprint density at radius 3 is 2.71 bits per heavy atom. The lowest BCUT2D eigenvalue weighted by Gasteiger charge is -2.04. The lowest BCUT2D eigenvalue weighted by Crippen LogP contribution is -1.97. The number of pyridine rings is 1. The molecule has 0 aliphatic heterocycles. The average Bonchev–Trinajstić information content (AvgIpc) is 2.86. The smallest absolute Gasteiger partial charge is 0.163 e. The van der Waals surface area contributed by atoms with Crippen molar-refractivity contribution in [2.24, 2.45) is 0 Å². The van der Waals surface area contributed by atoms with Crippen LogP contribution < -0.4 is 5.32 Å². The molecular formula is C12H10N4S. The van der Waals surface area contributed by atoms with Gasteiger partial charge in [-0.15, -0.1) is 11.3 Å². The van der Waals surface area contributed by atoms with Gasteiger partial charge in [-0.3, -0.25) is 4.98 Å². The zero-order valence-corrected chi connectivity index (χ0v) is 10.0. The van der Waals surface area contributed by atoms with Crippen LogP contribution in [0.2, 0.25) is 0 Å². The van der Waals surface area contributed by atoms with E-state index in [1.54, 1.807) is 23.7 Å². The van der Waals surface area contributed by atoms with Gasteiger partial charge in [0.1, 0.15) is 10.6 Å². The quantitative estimate of drug-likeness (QED) is 0.750. The average molecular weight is 242 g/mol. The third-order valence-corrected chi connectivity index (χ3v) is 3.31. The van der Waals surface area contributed by atoms with E-state index >= 15 is 0 Å². The maximum atomic E-state index is 4.55. The minimum absolute atomic E-state index is 0.728. The Kier molecular flexibility index (Phi) is 2.45. The number of anilines is 1. The van der Waals surface area contributed by atoms with Crippen LogP contribution in [0.15, 0.2) is 36.0 Å². The topological polar surface area (TPSA) is 50.7 Å². The molecule has 0 amide bonds. The van der Waals surface area contributed by atoms with E-state index in [-0.39, 0.29) is 0 Å². The second-order valence-corrected chi connectivity index (χ2v) is 4.42. The van der Waals surface area contributed by atoms with Gasteiger partial charge in [0.2, 0.25) is 0 Å². The van der Waals surface area contributed by atoms with Gasteiger partial charge < -0.3 is 5.32 Å². The fourth-order valence-electron chi connectivity index (χ4n) is 1.68. The molecule has 0 saturated carbocycles. The van der Waals surface area contributed by atoms with E-state index in [0.29, 0.717) is 0 Å². The van der Waals surface area contributed by atoms with Crippen molar-refractivity contribution in [1.82, 2.24) is 15.0 Å². The molecule has 1 N–H and O–H groups in total. The van der Waals surface area contributed by atoms with Gasteiger partial charge in [0.15, 0.2) is 5.82 Å². The summed E-state index contributed by atoms with van der Waals surface area (Å²) in [5, 5.41) is 6.20. The van der Waals surface area contributed by atoms with Crippen molar-refractivity contribution < 1.29 is 0 Å². The Hall–Kier alpha value is -2.01. The van der Waals surface area contributed by atoms with Gasteiger partial charge in [-0.05, 0) is 23.6 Å². The first kappa shape index (κ1) is 10.2. The highest BCUT2D eigenvalue weighted by atomic mass is 32.1. The fourth-order valence-corrected chi connectivity index (χ4v) is 2.44. The van der Waals surface area contributed by atoms with Gasteiger partial charge >= 0.3 is 0 Å². The third kappa shape index (κ3) is 1.74. The first-order valence-electron chi connectivity index (χ1n) is 5.22. The number of fused-ring (bicyclic) bond motifs is 1. The Morgan fingerprint density at radius 2 is 1.94 bits per heavy atom. The van der Waals surface area contributed by atoms with Gasteiger partial charge in [-0.25, -0.2) is 9.97 Å². The maximum Gasteiger partial charge on any atom is 0.163 e. The van der Waals surface area contributed by atoms with Crippen molar-refractivity contribution in [3.8, 4) is 11.4 Å². The summed E-state index contributed by atoms with van der Waals surface area (Å²) in [6.45, 7) is 0. The predicted octanol–water partition coefficient (Wildman–Crippen LogP) is 2.80. The van der Waals surface area contributed by atoms with E-state index in [4.69, 9.17) is 0 Å². The summed E-state index contributed by atoms with van der Waals surface area (Å²) in [7, 11) is 1.87. The molecule has 4 nitrogen and oxygen atoms in total. The Morgan fingerprint density at radius 1 is 1.12 bits per heavy atom. The molecular weight excluding hydrogens is 232 g/mol. The van der Waals surface area contributed by atoms with Crippen LogP contribution >= 0.6 is 11.3 Å². The van der Waals surface area contributed by atoms with E-state index in [0.717, 1.165) is 27.4 Å². The largest absolute Gasteiger partial charge is 0.372 e. The van der Waals surface area contributed by atoms with E-state index in [2.05, 4.69) is 20.3 Å². The minimum atomic E-state index is 0.728. The maximum absolute atomic E-state index is 4.55. The van der Waals surface area contributed by atoms with E-state index in [1.165, 1.54) is 0 Å². The molecule has 0 aromatic carbocycles. The summed E-state index contributed by atoms with van der Waals surface area (Å²) in [6.07, 6.45) is 3.49. The van der Waals surface area contributed by atoms with Gasteiger partial charge in [-0.2, -0.15) is 0 Å². The zero-order valence-electron chi connectivity index (χ0n) is 9.21. The molecule has 0 atom stereocenters. The number of aromatic nitrogens is 3. The first-order valence-corrected chi connectivity index (χ1v) is 6.10. The molecule has 0 bridgehead atoms. The van der Waals surface area contributed by atoms with Gasteiger partial charge in [0.25, 0.3) is 0 Å². The molecule has 0 aliphatic carbocycles. The van der Waals surface area contributed by atoms with Crippen LogP contribution in [0, 0.1) is 0 Å². The van der Waals surface area contributed by atoms with E-state index < -0.39 is 0 Å². The third-order valence-electron chi connectivity index (χ3n) is 2.50. The van der Waals surface area contributed by atoms with Crippen LogP contribution in [0.1, 0.15) is 0 Å². The summed E-state index contributed by atoms with van der Waals surface area (Å²) in [5.74, 6) is 1.59. The van der Waals surface area contributed by atoms with Crippen LogP contribution in [0.4, 0.5) is 5.82 Å². The lowest BCUT2D eigenvalue weighted by atomic mass is 10.2. The summed E-state index contributed by atoms with van der Waals surface area (Å²) in [4.78, 5) is 14.1. The van der Waals surface area contributed by atoms with Gasteiger partial charge in [0.05, 0.1) is 5.39 Å². The van der Waals surface area contributed by atoms with Gasteiger partial charge in [0, 0.05) is 25.0 Å². The number of hydrogen-bond donors (Lipinski definition) is 1.